The van der Waals surface area contributed by atoms with Crippen molar-refractivity contribution >= 4 is 15.9 Å². The lowest BCUT2D eigenvalue weighted by molar-refractivity contribution is 0.173. The maximum atomic E-state index is 9.99. The third-order valence-electron chi connectivity index (χ3n) is 2.52. The van der Waals surface area contributed by atoms with Gasteiger partial charge in [0.05, 0.1) is 18.8 Å². The third-order valence-corrected chi connectivity index (χ3v) is 3.01. The van der Waals surface area contributed by atoms with Crippen molar-refractivity contribution in [2.24, 2.45) is 0 Å². The highest BCUT2D eigenvalue weighted by Gasteiger charge is 2.08. The molecule has 0 radical (unpaired) electrons. The van der Waals surface area contributed by atoms with Gasteiger partial charge < -0.3 is 14.8 Å². The van der Waals surface area contributed by atoms with E-state index in [-0.39, 0.29) is 0 Å². The summed E-state index contributed by atoms with van der Waals surface area (Å²) in [5.74, 6) is 1.42. The van der Waals surface area contributed by atoms with Crippen LogP contribution >= 0.6 is 15.9 Å². The minimum Gasteiger partial charge on any atom is -0.445 e. The number of benzene rings is 1. The standard InChI is InChI=1S/C13H15BrN2O2/c1-9-6-16-13(18-9)8-15-7-12(17)10-3-2-4-11(14)5-10/h2-6,12,15,17H,7-8H2,1H3. The molecule has 0 aliphatic carbocycles. The van der Waals surface area contributed by atoms with Crippen molar-refractivity contribution in [1.29, 1.82) is 0 Å². The van der Waals surface area contributed by atoms with Crippen molar-refractivity contribution in [2.75, 3.05) is 6.54 Å². The molecule has 2 rings (SSSR count). The fourth-order valence-corrected chi connectivity index (χ4v) is 2.05. The summed E-state index contributed by atoms with van der Waals surface area (Å²) < 4.78 is 6.29. The zero-order valence-electron chi connectivity index (χ0n) is 10.1. The van der Waals surface area contributed by atoms with Crippen molar-refractivity contribution < 1.29 is 9.52 Å². The first-order chi connectivity index (χ1) is 8.65. The van der Waals surface area contributed by atoms with Gasteiger partial charge in [-0.3, -0.25) is 0 Å². The number of hydrogen-bond acceptors (Lipinski definition) is 4. The summed E-state index contributed by atoms with van der Waals surface area (Å²) in [6, 6.07) is 7.63. The van der Waals surface area contributed by atoms with E-state index in [4.69, 9.17) is 4.42 Å². The van der Waals surface area contributed by atoms with Crippen LogP contribution in [0.1, 0.15) is 23.3 Å². The number of aliphatic hydroxyl groups is 1. The van der Waals surface area contributed by atoms with Crippen molar-refractivity contribution in [3.63, 3.8) is 0 Å². The Balaban J connectivity index is 1.83. The van der Waals surface area contributed by atoms with E-state index in [9.17, 15) is 5.11 Å². The van der Waals surface area contributed by atoms with Crippen LogP contribution in [-0.2, 0) is 6.54 Å². The molecule has 2 aromatic rings. The van der Waals surface area contributed by atoms with Crippen LogP contribution in [0, 0.1) is 6.92 Å². The fraction of sp³-hybridized carbons (Fsp3) is 0.308. The number of nitrogens with zero attached hydrogens (tertiary/aromatic N) is 1. The summed E-state index contributed by atoms with van der Waals surface area (Å²) in [4.78, 5) is 4.08. The maximum absolute atomic E-state index is 9.99. The third kappa shape index (κ3) is 3.66. The lowest BCUT2D eigenvalue weighted by Gasteiger charge is -2.11. The highest BCUT2D eigenvalue weighted by atomic mass is 79.9. The van der Waals surface area contributed by atoms with Gasteiger partial charge in [-0.05, 0) is 24.6 Å². The summed E-state index contributed by atoms with van der Waals surface area (Å²) >= 11 is 3.38. The molecule has 0 spiro atoms. The van der Waals surface area contributed by atoms with Gasteiger partial charge in [0, 0.05) is 11.0 Å². The number of hydrogen-bond donors (Lipinski definition) is 2. The van der Waals surface area contributed by atoms with E-state index in [1.54, 1.807) is 6.20 Å². The molecule has 0 aliphatic rings. The highest BCUT2D eigenvalue weighted by molar-refractivity contribution is 9.10. The predicted molar refractivity (Wildman–Crippen MR) is 72.0 cm³/mol. The van der Waals surface area contributed by atoms with E-state index < -0.39 is 6.10 Å². The molecule has 96 valence electrons. The molecule has 0 aliphatic heterocycles. The Morgan fingerprint density at radius 2 is 2.33 bits per heavy atom. The van der Waals surface area contributed by atoms with Gasteiger partial charge in [0.2, 0.25) is 5.89 Å². The second-order valence-corrected chi connectivity index (χ2v) is 4.98. The monoisotopic (exact) mass is 310 g/mol. The van der Waals surface area contributed by atoms with Gasteiger partial charge in [-0.15, -0.1) is 0 Å². The number of oxazole rings is 1. The van der Waals surface area contributed by atoms with Crippen LogP contribution in [0.2, 0.25) is 0 Å². The Morgan fingerprint density at radius 3 is 3.00 bits per heavy atom. The molecule has 1 atom stereocenters. The molecule has 1 heterocycles. The summed E-state index contributed by atoms with van der Waals surface area (Å²) in [7, 11) is 0. The first kappa shape index (κ1) is 13.3. The summed E-state index contributed by atoms with van der Waals surface area (Å²) in [5, 5.41) is 13.1. The predicted octanol–water partition coefficient (Wildman–Crippen LogP) is 2.57. The Labute approximate surface area is 114 Å². The second-order valence-electron chi connectivity index (χ2n) is 4.07. The molecule has 4 nitrogen and oxygen atoms in total. The molecule has 0 fully saturated rings. The molecule has 18 heavy (non-hydrogen) atoms. The largest absolute Gasteiger partial charge is 0.445 e. The van der Waals surface area contributed by atoms with E-state index >= 15 is 0 Å². The maximum Gasteiger partial charge on any atom is 0.208 e. The zero-order chi connectivity index (χ0) is 13.0. The van der Waals surface area contributed by atoms with Gasteiger partial charge in [0.1, 0.15) is 5.76 Å². The smallest absolute Gasteiger partial charge is 0.208 e. The van der Waals surface area contributed by atoms with Crippen LogP contribution in [-0.4, -0.2) is 16.6 Å². The van der Waals surface area contributed by atoms with Crippen molar-refractivity contribution in [1.82, 2.24) is 10.3 Å². The molecule has 0 amide bonds. The number of aryl methyl sites for hydroxylation is 1. The second kappa shape index (κ2) is 6.13. The number of nitrogens with one attached hydrogen (secondary N) is 1. The Bertz CT molecular complexity index is 513. The molecule has 2 N–H and O–H groups in total. The molecule has 0 saturated carbocycles. The average Bonchev–Trinajstić information content (AvgIpc) is 2.75. The summed E-state index contributed by atoms with van der Waals surface area (Å²) in [5.41, 5.74) is 0.875. The molecule has 0 saturated heterocycles. The van der Waals surface area contributed by atoms with Crippen molar-refractivity contribution in [3.05, 3.63) is 52.1 Å². The molecule has 0 bridgehead atoms. The fourth-order valence-electron chi connectivity index (χ4n) is 1.63. The number of aromatic nitrogens is 1. The summed E-state index contributed by atoms with van der Waals surface area (Å²) in [6.45, 7) is 2.82. The number of aliphatic hydroxyl groups excluding tert-OH is 1. The van der Waals surface area contributed by atoms with Gasteiger partial charge in [-0.25, -0.2) is 4.98 Å². The van der Waals surface area contributed by atoms with E-state index in [1.165, 1.54) is 0 Å². The number of rotatable bonds is 5. The van der Waals surface area contributed by atoms with Crippen LogP contribution in [0.15, 0.2) is 39.4 Å². The topological polar surface area (TPSA) is 58.3 Å². The molecule has 1 aromatic carbocycles. The Kier molecular flexibility index (Phi) is 4.52. The van der Waals surface area contributed by atoms with Crippen LogP contribution in [0.3, 0.4) is 0 Å². The van der Waals surface area contributed by atoms with Gasteiger partial charge in [-0.1, -0.05) is 28.1 Å². The van der Waals surface area contributed by atoms with Crippen LogP contribution in [0.25, 0.3) is 0 Å². The van der Waals surface area contributed by atoms with E-state index in [0.29, 0.717) is 19.0 Å². The lowest BCUT2D eigenvalue weighted by atomic mass is 10.1. The van der Waals surface area contributed by atoms with Crippen LogP contribution < -0.4 is 5.32 Å². The molecular formula is C13H15BrN2O2. The zero-order valence-corrected chi connectivity index (χ0v) is 11.6. The molecule has 5 heteroatoms. The Morgan fingerprint density at radius 1 is 1.50 bits per heavy atom. The van der Waals surface area contributed by atoms with Crippen molar-refractivity contribution in [3.8, 4) is 0 Å². The lowest BCUT2D eigenvalue weighted by Crippen LogP contribution is -2.21. The van der Waals surface area contributed by atoms with Gasteiger partial charge in [0.15, 0.2) is 0 Å². The van der Waals surface area contributed by atoms with E-state index in [2.05, 4.69) is 26.2 Å². The van der Waals surface area contributed by atoms with Crippen LogP contribution in [0.4, 0.5) is 0 Å². The first-order valence-electron chi connectivity index (χ1n) is 5.70. The molecule has 1 aromatic heterocycles. The minimum atomic E-state index is -0.543. The normalized spacial score (nSPS) is 12.6. The van der Waals surface area contributed by atoms with Crippen LogP contribution in [0.5, 0.6) is 0 Å². The summed E-state index contributed by atoms with van der Waals surface area (Å²) in [6.07, 6.45) is 1.14. The van der Waals surface area contributed by atoms with E-state index in [1.807, 2.05) is 31.2 Å². The quantitative estimate of drug-likeness (QED) is 0.891. The molecular weight excluding hydrogens is 296 g/mol. The van der Waals surface area contributed by atoms with Crippen molar-refractivity contribution in [2.45, 2.75) is 19.6 Å². The molecule has 1 unspecified atom stereocenters. The highest BCUT2D eigenvalue weighted by Crippen LogP contribution is 2.17. The number of halogens is 1. The van der Waals surface area contributed by atoms with Gasteiger partial charge >= 0.3 is 0 Å². The van der Waals surface area contributed by atoms with Gasteiger partial charge in [-0.2, -0.15) is 0 Å². The SMILES string of the molecule is Cc1cnc(CNCC(O)c2cccc(Br)c2)o1. The first-order valence-corrected chi connectivity index (χ1v) is 6.50. The van der Waals surface area contributed by atoms with Gasteiger partial charge in [0.25, 0.3) is 0 Å². The Hall–Kier alpha value is -1.17. The minimum absolute atomic E-state index is 0.456. The van der Waals surface area contributed by atoms with E-state index in [0.717, 1.165) is 15.8 Å². The average molecular weight is 311 g/mol.